The van der Waals surface area contributed by atoms with Gasteiger partial charge in [0.25, 0.3) is 0 Å². The molecule has 0 spiro atoms. The molecule has 0 aliphatic heterocycles. The highest BCUT2D eigenvalue weighted by Crippen LogP contribution is 2.22. The van der Waals surface area contributed by atoms with Gasteiger partial charge in [-0.05, 0) is 25.1 Å². The molecule has 0 unspecified atom stereocenters. The number of oxazole rings is 1. The fourth-order valence-corrected chi connectivity index (χ4v) is 2.52. The van der Waals surface area contributed by atoms with Crippen molar-refractivity contribution in [2.45, 2.75) is 26.3 Å². The normalized spacial score (nSPS) is 10.6. The molecule has 0 fully saturated rings. The number of aryl methyl sites for hydroxylation is 2. The lowest BCUT2D eigenvalue weighted by molar-refractivity contribution is -0.121. The van der Waals surface area contributed by atoms with Crippen LogP contribution in [0.4, 0.5) is 4.39 Å². The van der Waals surface area contributed by atoms with E-state index in [1.165, 1.54) is 6.07 Å². The van der Waals surface area contributed by atoms with Gasteiger partial charge >= 0.3 is 0 Å². The van der Waals surface area contributed by atoms with E-state index >= 15 is 0 Å². The van der Waals surface area contributed by atoms with Crippen LogP contribution >= 0.6 is 0 Å². The molecule has 1 N–H and O–H groups in total. The van der Waals surface area contributed by atoms with E-state index in [1.807, 2.05) is 37.3 Å². The van der Waals surface area contributed by atoms with Crippen molar-refractivity contribution < 1.29 is 13.6 Å². The number of hydrogen-bond donors (Lipinski definition) is 1. The Hall–Kier alpha value is -2.95. The van der Waals surface area contributed by atoms with Crippen LogP contribution in [0.2, 0.25) is 0 Å². The smallest absolute Gasteiger partial charge is 0.226 e. The lowest BCUT2D eigenvalue weighted by atomic mass is 10.2. The van der Waals surface area contributed by atoms with Crippen LogP contribution in [0, 0.1) is 12.7 Å². The van der Waals surface area contributed by atoms with E-state index in [-0.39, 0.29) is 24.7 Å². The Balaban J connectivity index is 1.56. The summed E-state index contributed by atoms with van der Waals surface area (Å²) in [6.45, 7) is 2.02. The predicted octanol–water partition coefficient (Wildman–Crippen LogP) is 4.04. The lowest BCUT2D eigenvalue weighted by Gasteiger charge is -2.05. The van der Waals surface area contributed by atoms with Gasteiger partial charge in [-0.3, -0.25) is 4.79 Å². The molecule has 128 valence electrons. The summed E-state index contributed by atoms with van der Waals surface area (Å²) in [5, 5.41) is 2.73. The highest BCUT2D eigenvalue weighted by molar-refractivity contribution is 5.76. The summed E-state index contributed by atoms with van der Waals surface area (Å²) in [5.74, 6) is 0.801. The molecule has 3 rings (SSSR count). The molecule has 0 radical (unpaired) electrons. The van der Waals surface area contributed by atoms with Crippen molar-refractivity contribution in [3.05, 3.63) is 77.4 Å². The first-order chi connectivity index (χ1) is 12.1. The number of rotatable bonds is 6. The van der Waals surface area contributed by atoms with Gasteiger partial charge in [-0.2, -0.15) is 0 Å². The summed E-state index contributed by atoms with van der Waals surface area (Å²) in [4.78, 5) is 16.5. The van der Waals surface area contributed by atoms with Crippen molar-refractivity contribution in [2.24, 2.45) is 0 Å². The maximum Gasteiger partial charge on any atom is 0.226 e. The van der Waals surface area contributed by atoms with Gasteiger partial charge in [-0.15, -0.1) is 0 Å². The summed E-state index contributed by atoms with van der Waals surface area (Å²) >= 11 is 0. The van der Waals surface area contributed by atoms with Crippen molar-refractivity contribution in [1.29, 1.82) is 0 Å². The number of halogens is 1. The second-order valence-corrected chi connectivity index (χ2v) is 5.76. The van der Waals surface area contributed by atoms with Gasteiger partial charge in [-0.1, -0.05) is 36.4 Å². The first-order valence-electron chi connectivity index (χ1n) is 8.15. The summed E-state index contributed by atoms with van der Waals surface area (Å²) in [6.07, 6.45) is 0.751. The zero-order valence-electron chi connectivity index (χ0n) is 14.0. The molecule has 5 heteroatoms. The van der Waals surface area contributed by atoms with Gasteiger partial charge in [-0.25, -0.2) is 9.37 Å². The number of amides is 1. The maximum absolute atomic E-state index is 13.5. The summed E-state index contributed by atoms with van der Waals surface area (Å²) < 4.78 is 19.2. The Kier molecular flexibility index (Phi) is 5.23. The van der Waals surface area contributed by atoms with E-state index < -0.39 is 0 Å². The maximum atomic E-state index is 13.5. The van der Waals surface area contributed by atoms with Crippen molar-refractivity contribution in [3.8, 4) is 11.5 Å². The molecule has 0 saturated heterocycles. The number of carbonyl (C=O) groups excluding carboxylic acids is 1. The second kappa shape index (κ2) is 7.75. The number of nitrogens with one attached hydrogen (secondary N) is 1. The third-order valence-corrected chi connectivity index (χ3v) is 3.94. The number of benzene rings is 2. The molecule has 0 aliphatic rings. The Morgan fingerprint density at radius 3 is 2.60 bits per heavy atom. The molecule has 3 aromatic rings. The van der Waals surface area contributed by atoms with Crippen LogP contribution in [0.1, 0.15) is 23.4 Å². The summed E-state index contributed by atoms with van der Waals surface area (Å²) in [5.41, 5.74) is 2.14. The molecule has 1 amide bonds. The Bertz CT molecular complexity index is 859. The van der Waals surface area contributed by atoms with Crippen LogP contribution in [0.25, 0.3) is 11.5 Å². The van der Waals surface area contributed by atoms with E-state index in [0.29, 0.717) is 23.6 Å². The minimum atomic E-state index is -0.317. The fraction of sp³-hybridized carbons (Fsp3) is 0.200. The van der Waals surface area contributed by atoms with Crippen molar-refractivity contribution in [1.82, 2.24) is 10.3 Å². The molecule has 0 saturated carbocycles. The van der Waals surface area contributed by atoms with Gasteiger partial charge in [0.2, 0.25) is 11.8 Å². The summed E-state index contributed by atoms with van der Waals surface area (Å²) in [7, 11) is 0. The first-order valence-corrected chi connectivity index (χ1v) is 8.15. The van der Waals surface area contributed by atoms with E-state index in [9.17, 15) is 9.18 Å². The summed E-state index contributed by atoms with van der Waals surface area (Å²) in [6, 6.07) is 16.0. The monoisotopic (exact) mass is 338 g/mol. The van der Waals surface area contributed by atoms with Crippen LogP contribution in [-0.2, 0) is 17.8 Å². The highest BCUT2D eigenvalue weighted by atomic mass is 19.1. The van der Waals surface area contributed by atoms with E-state index in [0.717, 1.165) is 11.3 Å². The van der Waals surface area contributed by atoms with Gasteiger partial charge in [0.15, 0.2) is 0 Å². The van der Waals surface area contributed by atoms with Crippen LogP contribution < -0.4 is 5.32 Å². The van der Waals surface area contributed by atoms with Crippen molar-refractivity contribution >= 4 is 5.91 Å². The van der Waals surface area contributed by atoms with Crippen LogP contribution in [0.5, 0.6) is 0 Å². The number of nitrogens with zero attached hydrogens (tertiary/aromatic N) is 1. The first kappa shape index (κ1) is 16.9. The number of aromatic nitrogens is 1. The van der Waals surface area contributed by atoms with Gasteiger partial charge in [0.1, 0.15) is 11.6 Å². The van der Waals surface area contributed by atoms with Crippen LogP contribution in [-0.4, -0.2) is 10.9 Å². The minimum Gasteiger partial charge on any atom is -0.441 e. The van der Waals surface area contributed by atoms with Gasteiger partial charge < -0.3 is 9.73 Å². The molecule has 0 bridgehead atoms. The quantitative estimate of drug-likeness (QED) is 0.738. The zero-order chi connectivity index (χ0) is 17.6. The largest absolute Gasteiger partial charge is 0.441 e. The third-order valence-electron chi connectivity index (χ3n) is 3.94. The molecule has 1 heterocycles. The molecule has 4 nitrogen and oxygen atoms in total. The zero-order valence-corrected chi connectivity index (χ0v) is 14.0. The number of hydrogen-bond acceptors (Lipinski definition) is 3. The molecule has 2 aromatic carbocycles. The van der Waals surface area contributed by atoms with E-state index in [2.05, 4.69) is 10.3 Å². The number of carbonyl (C=O) groups is 1. The van der Waals surface area contributed by atoms with Crippen molar-refractivity contribution in [2.75, 3.05) is 0 Å². The average Bonchev–Trinajstić information content (AvgIpc) is 3.01. The minimum absolute atomic E-state index is 0.146. The molecule has 0 atom stereocenters. The lowest BCUT2D eigenvalue weighted by Crippen LogP contribution is -2.23. The third kappa shape index (κ3) is 4.32. The van der Waals surface area contributed by atoms with E-state index in [4.69, 9.17) is 4.42 Å². The van der Waals surface area contributed by atoms with Gasteiger partial charge in [0, 0.05) is 30.5 Å². The topological polar surface area (TPSA) is 55.1 Å². The second-order valence-electron chi connectivity index (χ2n) is 5.76. The van der Waals surface area contributed by atoms with Crippen LogP contribution in [0.15, 0.2) is 59.0 Å². The predicted molar refractivity (Wildman–Crippen MR) is 93.2 cm³/mol. The molecular formula is C20H19FN2O2. The Labute approximate surface area is 145 Å². The fourth-order valence-electron chi connectivity index (χ4n) is 2.52. The average molecular weight is 338 g/mol. The molecule has 0 aliphatic carbocycles. The van der Waals surface area contributed by atoms with Gasteiger partial charge in [0.05, 0.1) is 5.69 Å². The molecular weight excluding hydrogens is 319 g/mol. The van der Waals surface area contributed by atoms with Crippen molar-refractivity contribution in [3.63, 3.8) is 0 Å². The molecule has 1 aromatic heterocycles. The standard InChI is InChI=1S/C20H19FN2O2/c1-14-18(23-20(25-14)15-7-3-2-4-8-15)11-12-19(24)22-13-16-9-5-6-10-17(16)21/h2-10H,11-13H2,1H3,(H,22,24). The van der Waals surface area contributed by atoms with E-state index in [1.54, 1.807) is 18.2 Å². The highest BCUT2D eigenvalue weighted by Gasteiger charge is 2.13. The SMILES string of the molecule is Cc1oc(-c2ccccc2)nc1CCC(=O)NCc1ccccc1F. The Morgan fingerprint density at radius 2 is 1.84 bits per heavy atom. The van der Waals surface area contributed by atoms with Crippen LogP contribution in [0.3, 0.4) is 0 Å². The Morgan fingerprint density at radius 1 is 1.12 bits per heavy atom. The molecule has 25 heavy (non-hydrogen) atoms.